The molecule has 4 nitrogen and oxygen atoms in total. The summed E-state index contributed by atoms with van der Waals surface area (Å²) in [6.45, 7) is 2.37. The van der Waals surface area contributed by atoms with E-state index in [-0.39, 0.29) is 0 Å². The Morgan fingerprint density at radius 1 is 0.909 bits per heavy atom. The van der Waals surface area contributed by atoms with Crippen molar-refractivity contribution in [2.45, 2.75) is 12.5 Å². The number of para-hydroxylation sites is 2. The largest absolute Gasteiger partial charge is 0.496 e. The number of benzene rings is 2. The fraction of sp³-hybridized carbons (Fsp3) is 0.278. The van der Waals surface area contributed by atoms with Crippen molar-refractivity contribution >= 4 is 5.90 Å². The first-order chi connectivity index (χ1) is 10.7. The minimum absolute atomic E-state index is 0.500. The Morgan fingerprint density at radius 2 is 1.41 bits per heavy atom. The van der Waals surface area contributed by atoms with E-state index in [0.717, 1.165) is 22.6 Å². The Labute approximate surface area is 130 Å². The van der Waals surface area contributed by atoms with E-state index >= 15 is 0 Å². The van der Waals surface area contributed by atoms with Gasteiger partial charge in [-0.3, -0.25) is 4.99 Å². The molecule has 0 saturated heterocycles. The topological polar surface area (TPSA) is 40.0 Å². The van der Waals surface area contributed by atoms with E-state index in [1.165, 1.54) is 0 Å². The lowest BCUT2D eigenvalue weighted by atomic mass is 9.85. The number of hydrogen-bond acceptors (Lipinski definition) is 4. The third-order valence-corrected chi connectivity index (χ3v) is 3.93. The molecule has 0 aromatic heterocycles. The van der Waals surface area contributed by atoms with Gasteiger partial charge in [0.2, 0.25) is 0 Å². The van der Waals surface area contributed by atoms with Gasteiger partial charge in [-0.15, -0.1) is 0 Å². The summed E-state index contributed by atoms with van der Waals surface area (Å²) in [7, 11) is 3.33. The second-order valence-electron chi connectivity index (χ2n) is 5.16. The number of methoxy groups -OCH3 is 2. The van der Waals surface area contributed by atoms with Gasteiger partial charge in [-0.25, -0.2) is 0 Å². The van der Waals surface area contributed by atoms with Crippen LogP contribution in [0.25, 0.3) is 0 Å². The van der Waals surface area contributed by atoms with Gasteiger partial charge in [0.15, 0.2) is 11.5 Å². The van der Waals surface area contributed by atoms with Crippen LogP contribution in [-0.4, -0.2) is 26.7 Å². The molecule has 0 spiro atoms. The molecule has 0 aliphatic carbocycles. The minimum Gasteiger partial charge on any atom is -0.496 e. The Morgan fingerprint density at radius 3 is 1.82 bits per heavy atom. The van der Waals surface area contributed by atoms with Gasteiger partial charge < -0.3 is 14.2 Å². The van der Waals surface area contributed by atoms with Gasteiger partial charge in [-0.1, -0.05) is 36.4 Å². The third-order valence-electron chi connectivity index (χ3n) is 3.93. The molecule has 4 heteroatoms. The number of ether oxygens (including phenoxy) is 3. The maximum absolute atomic E-state index is 6.20. The number of rotatable bonds is 4. The Balaban J connectivity index is 2.23. The van der Waals surface area contributed by atoms with Crippen molar-refractivity contribution in [3.8, 4) is 11.5 Å². The number of nitrogens with zero attached hydrogens (tertiary/aromatic N) is 1. The Bertz CT molecular complexity index is 661. The minimum atomic E-state index is -0.719. The van der Waals surface area contributed by atoms with E-state index in [1.807, 2.05) is 55.5 Å². The van der Waals surface area contributed by atoms with Crippen molar-refractivity contribution in [3.63, 3.8) is 0 Å². The van der Waals surface area contributed by atoms with Gasteiger partial charge >= 0.3 is 0 Å². The maximum atomic E-state index is 6.20. The van der Waals surface area contributed by atoms with Gasteiger partial charge in [0.1, 0.15) is 11.5 Å². The van der Waals surface area contributed by atoms with Crippen molar-refractivity contribution in [2.24, 2.45) is 4.99 Å². The highest BCUT2D eigenvalue weighted by atomic mass is 16.5. The molecule has 0 N–H and O–H groups in total. The van der Waals surface area contributed by atoms with E-state index in [9.17, 15) is 0 Å². The molecule has 3 rings (SSSR count). The van der Waals surface area contributed by atoms with Crippen LogP contribution in [0.4, 0.5) is 0 Å². The van der Waals surface area contributed by atoms with Gasteiger partial charge in [-0.2, -0.15) is 0 Å². The molecule has 2 aromatic carbocycles. The number of hydrogen-bond donors (Lipinski definition) is 0. The van der Waals surface area contributed by atoms with E-state index in [0.29, 0.717) is 12.4 Å². The summed E-state index contributed by atoms with van der Waals surface area (Å²) in [6, 6.07) is 15.7. The van der Waals surface area contributed by atoms with Gasteiger partial charge in [-0.05, 0) is 12.1 Å². The molecule has 0 unspecified atom stereocenters. The molecule has 0 atom stereocenters. The standard InChI is InChI=1S/C18H19NO3/c1-13-19-12-18(22-13,14-8-4-6-10-16(14)20-2)15-9-5-7-11-17(15)21-3/h4-11H,12H2,1-3H3. The first-order valence-corrected chi connectivity index (χ1v) is 7.18. The fourth-order valence-electron chi connectivity index (χ4n) is 2.92. The highest BCUT2D eigenvalue weighted by Crippen LogP contribution is 2.45. The van der Waals surface area contributed by atoms with Crippen LogP contribution in [0.2, 0.25) is 0 Å². The molecule has 0 radical (unpaired) electrons. The molecule has 22 heavy (non-hydrogen) atoms. The summed E-state index contributed by atoms with van der Waals surface area (Å²) in [4.78, 5) is 4.48. The first kappa shape index (κ1) is 14.4. The van der Waals surface area contributed by atoms with Crippen LogP contribution in [0, 0.1) is 0 Å². The average molecular weight is 297 g/mol. The molecule has 114 valence electrons. The molecular weight excluding hydrogens is 278 g/mol. The summed E-state index contributed by atoms with van der Waals surface area (Å²) in [5, 5.41) is 0. The zero-order valence-corrected chi connectivity index (χ0v) is 13.0. The van der Waals surface area contributed by atoms with Crippen LogP contribution in [0.15, 0.2) is 53.5 Å². The van der Waals surface area contributed by atoms with Gasteiger partial charge in [0.25, 0.3) is 0 Å². The summed E-state index contributed by atoms with van der Waals surface area (Å²) >= 11 is 0. The molecule has 0 amide bonds. The zero-order chi connectivity index (χ0) is 15.6. The van der Waals surface area contributed by atoms with Crippen LogP contribution in [0.1, 0.15) is 18.1 Å². The Hall–Kier alpha value is -2.49. The van der Waals surface area contributed by atoms with Crippen molar-refractivity contribution in [3.05, 3.63) is 59.7 Å². The fourth-order valence-corrected chi connectivity index (χ4v) is 2.92. The van der Waals surface area contributed by atoms with E-state index in [1.54, 1.807) is 14.2 Å². The zero-order valence-electron chi connectivity index (χ0n) is 13.0. The monoisotopic (exact) mass is 297 g/mol. The van der Waals surface area contributed by atoms with Crippen molar-refractivity contribution in [1.82, 2.24) is 0 Å². The first-order valence-electron chi connectivity index (χ1n) is 7.18. The lowest BCUT2D eigenvalue weighted by Crippen LogP contribution is -2.32. The molecule has 1 heterocycles. The normalized spacial score (nSPS) is 15.9. The molecule has 0 fully saturated rings. The van der Waals surface area contributed by atoms with Crippen LogP contribution >= 0.6 is 0 Å². The van der Waals surface area contributed by atoms with E-state index < -0.39 is 5.60 Å². The lowest BCUT2D eigenvalue weighted by Gasteiger charge is -2.31. The second-order valence-corrected chi connectivity index (χ2v) is 5.16. The highest BCUT2D eigenvalue weighted by molar-refractivity contribution is 5.77. The Kier molecular flexibility index (Phi) is 3.75. The van der Waals surface area contributed by atoms with Crippen molar-refractivity contribution in [1.29, 1.82) is 0 Å². The third kappa shape index (κ3) is 2.21. The summed E-state index contributed by atoms with van der Waals surface area (Å²) in [6.07, 6.45) is 0. The predicted octanol–water partition coefficient (Wildman–Crippen LogP) is 3.40. The molecule has 2 aromatic rings. The SMILES string of the molecule is COc1ccccc1C1(c2ccccc2OC)CN=C(C)O1. The van der Waals surface area contributed by atoms with Gasteiger partial charge in [0.05, 0.1) is 20.8 Å². The summed E-state index contributed by atoms with van der Waals surface area (Å²) < 4.78 is 17.3. The van der Waals surface area contributed by atoms with Crippen LogP contribution in [0.3, 0.4) is 0 Å². The van der Waals surface area contributed by atoms with E-state index in [4.69, 9.17) is 14.2 Å². The van der Waals surface area contributed by atoms with Crippen molar-refractivity contribution in [2.75, 3.05) is 20.8 Å². The summed E-state index contributed by atoms with van der Waals surface area (Å²) in [5.74, 6) is 2.22. The lowest BCUT2D eigenvalue weighted by molar-refractivity contribution is 0.123. The average Bonchev–Trinajstić information content (AvgIpc) is 2.97. The predicted molar refractivity (Wildman–Crippen MR) is 85.8 cm³/mol. The second kappa shape index (κ2) is 5.72. The highest BCUT2D eigenvalue weighted by Gasteiger charge is 2.44. The van der Waals surface area contributed by atoms with E-state index in [2.05, 4.69) is 4.99 Å². The molecule has 1 aliphatic rings. The molecule has 0 saturated carbocycles. The molecule has 1 aliphatic heterocycles. The van der Waals surface area contributed by atoms with Crippen LogP contribution in [0.5, 0.6) is 11.5 Å². The van der Waals surface area contributed by atoms with Gasteiger partial charge in [0, 0.05) is 18.1 Å². The van der Waals surface area contributed by atoms with Crippen molar-refractivity contribution < 1.29 is 14.2 Å². The maximum Gasteiger partial charge on any atom is 0.187 e. The number of aliphatic imine (C=N–C) groups is 1. The summed E-state index contributed by atoms with van der Waals surface area (Å²) in [5.41, 5.74) is 1.17. The molecular formula is C18H19NO3. The quantitative estimate of drug-likeness (QED) is 0.868. The van der Waals surface area contributed by atoms with Crippen LogP contribution in [-0.2, 0) is 10.3 Å². The molecule has 0 bridgehead atoms. The van der Waals surface area contributed by atoms with Crippen LogP contribution < -0.4 is 9.47 Å². The smallest absolute Gasteiger partial charge is 0.187 e.